The Labute approximate surface area is 113 Å². The summed E-state index contributed by atoms with van der Waals surface area (Å²) in [4.78, 5) is 23.2. The molecule has 110 valence electrons. The van der Waals surface area contributed by atoms with Crippen LogP contribution in [-0.2, 0) is 19.1 Å². The van der Waals surface area contributed by atoms with Crippen molar-refractivity contribution in [3.63, 3.8) is 0 Å². The van der Waals surface area contributed by atoms with Gasteiger partial charge in [-0.3, -0.25) is 9.59 Å². The van der Waals surface area contributed by atoms with E-state index < -0.39 is 6.04 Å². The van der Waals surface area contributed by atoms with Crippen molar-refractivity contribution >= 4 is 11.8 Å². The van der Waals surface area contributed by atoms with Crippen molar-refractivity contribution in [3.05, 3.63) is 0 Å². The monoisotopic (exact) mass is 273 g/mol. The predicted molar refractivity (Wildman–Crippen MR) is 69.7 cm³/mol. The number of methoxy groups -OCH3 is 1. The van der Waals surface area contributed by atoms with Gasteiger partial charge in [-0.1, -0.05) is 0 Å². The molecule has 1 atom stereocenters. The minimum Gasteiger partial charge on any atom is -0.383 e. The highest BCUT2D eigenvalue weighted by Crippen LogP contribution is 2.14. The number of hydrogen-bond donors (Lipinski definition) is 3. The topological polar surface area (TPSA) is 88.7 Å². The van der Waals surface area contributed by atoms with E-state index in [0.717, 1.165) is 13.1 Å². The molecule has 1 saturated heterocycles. The fourth-order valence-corrected chi connectivity index (χ4v) is 1.60. The Bertz CT molecular complexity index is 318. The number of rotatable bonds is 8. The van der Waals surface area contributed by atoms with E-state index in [9.17, 15) is 9.59 Å². The van der Waals surface area contributed by atoms with Crippen LogP contribution in [-0.4, -0.2) is 63.4 Å². The van der Waals surface area contributed by atoms with E-state index in [1.807, 2.05) is 6.92 Å². The highest BCUT2D eigenvalue weighted by Gasteiger charge is 2.33. The van der Waals surface area contributed by atoms with Crippen molar-refractivity contribution in [3.8, 4) is 0 Å². The lowest BCUT2D eigenvalue weighted by molar-refractivity contribution is -0.138. The van der Waals surface area contributed by atoms with E-state index >= 15 is 0 Å². The molecule has 0 aliphatic carbocycles. The second-order valence-corrected chi connectivity index (χ2v) is 4.92. The Balaban J connectivity index is 2.17. The highest BCUT2D eigenvalue weighted by atomic mass is 16.5. The van der Waals surface area contributed by atoms with Gasteiger partial charge in [-0.2, -0.15) is 0 Å². The van der Waals surface area contributed by atoms with Crippen molar-refractivity contribution in [1.82, 2.24) is 16.0 Å². The first-order chi connectivity index (χ1) is 8.97. The fraction of sp³-hybridized carbons (Fsp3) is 0.833. The van der Waals surface area contributed by atoms with Gasteiger partial charge < -0.3 is 25.4 Å². The van der Waals surface area contributed by atoms with Gasteiger partial charge in [0, 0.05) is 26.7 Å². The molecule has 7 heteroatoms. The molecule has 0 aromatic heterocycles. The summed E-state index contributed by atoms with van der Waals surface area (Å²) in [6, 6.07) is -0.583. The molecule has 0 aromatic carbocycles. The van der Waals surface area contributed by atoms with Crippen molar-refractivity contribution < 1.29 is 19.1 Å². The van der Waals surface area contributed by atoms with E-state index in [2.05, 4.69) is 16.0 Å². The van der Waals surface area contributed by atoms with E-state index in [0.29, 0.717) is 13.2 Å². The minimum absolute atomic E-state index is 0.0339. The molecule has 19 heavy (non-hydrogen) atoms. The first-order valence-corrected chi connectivity index (χ1v) is 6.37. The summed E-state index contributed by atoms with van der Waals surface area (Å²) in [5, 5.41) is 8.32. The Hall–Kier alpha value is -1.18. The fourth-order valence-electron chi connectivity index (χ4n) is 1.60. The van der Waals surface area contributed by atoms with Crippen molar-refractivity contribution in [2.45, 2.75) is 25.5 Å². The number of carbonyl (C=O) groups is 2. The Kier molecular flexibility index (Phi) is 6.20. The quantitative estimate of drug-likeness (QED) is 0.475. The summed E-state index contributed by atoms with van der Waals surface area (Å²) in [6.07, 6.45) is 0. The highest BCUT2D eigenvalue weighted by molar-refractivity contribution is 5.87. The first-order valence-electron chi connectivity index (χ1n) is 6.37. The summed E-state index contributed by atoms with van der Waals surface area (Å²) in [6.45, 7) is 5.90. The molecule has 1 aliphatic heterocycles. The van der Waals surface area contributed by atoms with Gasteiger partial charge in [-0.25, -0.2) is 0 Å². The molecule has 3 N–H and O–H groups in total. The lowest BCUT2D eigenvalue weighted by atomic mass is 10.0. The Morgan fingerprint density at radius 3 is 2.63 bits per heavy atom. The second kappa shape index (κ2) is 7.42. The molecule has 1 aliphatic rings. The summed E-state index contributed by atoms with van der Waals surface area (Å²) in [7, 11) is 1.56. The van der Waals surface area contributed by atoms with Gasteiger partial charge in [-0.15, -0.1) is 0 Å². The molecule has 1 heterocycles. The van der Waals surface area contributed by atoms with Gasteiger partial charge in [0.15, 0.2) is 0 Å². The van der Waals surface area contributed by atoms with Crippen LogP contribution in [0.15, 0.2) is 0 Å². The summed E-state index contributed by atoms with van der Waals surface area (Å²) in [5.74, 6) is -0.524. The van der Waals surface area contributed by atoms with E-state index in [1.54, 1.807) is 14.0 Å². The zero-order chi connectivity index (χ0) is 14.3. The van der Waals surface area contributed by atoms with Gasteiger partial charge in [0.2, 0.25) is 11.8 Å². The molecule has 0 spiro atoms. The molecule has 1 rings (SSSR count). The Morgan fingerprint density at radius 1 is 1.42 bits per heavy atom. The summed E-state index contributed by atoms with van der Waals surface area (Å²) in [5.41, 5.74) is -0.263. The van der Waals surface area contributed by atoms with Gasteiger partial charge >= 0.3 is 0 Å². The van der Waals surface area contributed by atoms with Crippen LogP contribution in [0, 0.1) is 0 Å². The maximum atomic E-state index is 11.6. The van der Waals surface area contributed by atoms with Crippen LogP contribution < -0.4 is 16.0 Å². The smallest absolute Gasteiger partial charge is 0.246 e. The first kappa shape index (κ1) is 15.9. The molecule has 0 saturated carbocycles. The van der Waals surface area contributed by atoms with E-state index in [4.69, 9.17) is 9.47 Å². The van der Waals surface area contributed by atoms with Crippen LogP contribution >= 0.6 is 0 Å². The number of ether oxygens (including phenoxy) is 2. The molecule has 2 amide bonds. The van der Waals surface area contributed by atoms with Crippen LogP contribution in [0.5, 0.6) is 0 Å². The van der Waals surface area contributed by atoms with Crippen LogP contribution in [0.4, 0.5) is 0 Å². The van der Waals surface area contributed by atoms with Crippen molar-refractivity contribution in [1.29, 1.82) is 0 Å². The average Bonchev–Trinajstić information content (AvgIpc) is 2.34. The molecule has 7 nitrogen and oxygen atoms in total. The number of carbonyl (C=O) groups excluding carboxylic acids is 2. The average molecular weight is 273 g/mol. The maximum absolute atomic E-state index is 11.6. The van der Waals surface area contributed by atoms with Crippen LogP contribution in [0.25, 0.3) is 0 Å². The minimum atomic E-state index is -0.583. The normalized spacial score (nSPS) is 18.3. The van der Waals surface area contributed by atoms with Gasteiger partial charge in [0.1, 0.15) is 12.6 Å². The predicted octanol–water partition coefficient (Wildman–Crippen LogP) is -1.37. The number of hydrogen-bond acceptors (Lipinski definition) is 5. The van der Waals surface area contributed by atoms with Crippen LogP contribution in [0.2, 0.25) is 0 Å². The third kappa shape index (κ3) is 5.54. The molecular formula is C12H23N3O4. The van der Waals surface area contributed by atoms with Crippen molar-refractivity contribution in [2.75, 3.05) is 40.0 Å². The third-order valence-corrected chi connectivity index (χ3v) is 2.93. The van der Waals surface area contributed by atoms with Gasteiger partial charge in [-0.05, 0) is 13.8 Å². The van der Waals surface area contributed by atoms with E-state index in [1.165, 1.54) is 0 Å². The molecular weight excluding hydrogens is 250 g/mol. The Morgan fingerprint density at radius 2 is 2.11 bits per heavy atom. The molecule has 0 aromatic rings. The summed E-state index contributed by atoms with van der Waals surface area (Å²) >= 11 is 0. The van der Waals surface area contributed by atoms with E-state index in [-0.39, 0.29) is 24.0 Å². The molecule has 0 radical (unpaired) electrons. The van der Waals surface area contributed by atoms with Gasteiger partial charge in [0.05, 0.1) is 12.2 Å². The second-order valence-electron chi connectivity index (χ2n) is 4.92. The van der Waals surface area contributed by atoms with Gasteiger partial charge in [0.25, 0.3) is 0 Å². The molecule has 1 fully saturated rings. The maximum Gasteiger partial charge on any atom is 0.246 e. The molecule has 1 unspecified atom stereocenters. The zero-order valence-corrected chi connectivity index (χ0v) is 11.7. The van der Waals surface area contributed by atoms with Crippen molar-refractivity contribution in [2.24, 2.45) is 0 Å². The van der Waals surface area contributed by atoms with Crippen LogP contribution in [0.3, 0.4) is 0 Å². The SMILES string of the molecule is COCCNC(=O)C(C)NC(=O)COC1(C)CNC1. The number of amides is 2. The zero-order valence-electron chi connectivity index (χ0n) is 11.7. The number of nitrogens with one attached hydrogen (secondary N) is 3. The summed E-state index contributed by atoms with van der Waals surface area (Å²) < 4.78 is 10.3. The lowest BCUT2D eigenvalue weighted by Gasteiger charge is -2.38. The van der Waals surface area contributed by atoms with Crippen LogP contribution in [0.1, 0.15) is 13.8 Å². The third-order valence-electron chi connectivity index (χ3n) is 2.93. The molecule has 0 bridgehead atoms. The largest absolute Gasteiger partial charge is 0.383 e. The standard InChI is InChI=1S/C12H23N3O4/c1-9(11(17)14-4-5-18-3)15-10(16)6-19-12(2)7-13-8-12/h9,13H,4-8H2,1-3H3,(H,14,17)(H,15,16). The lowest BCUT2D eigenvalue weighted by Crippen LogP contribution is -2.60.